The van der Waals surface area contributed by atoms with Crippen LogP contribution in [-0.4, -0.2) is 16.8 Å². The van der Waals surface area contributed by atoms with Crippen molar-refractivity contribution >= 4 is 17.6 Å². The fourth-order valence-corrected chi connectivity index (χ4v) is 2.49. The first-order valence-corrected chi connectivity index (χ1v) is 6.70. The van der Waals surface area contributed by atoms with Gasteiger partial charge in [-0.3, -0.25) is 0 Å². The van der Waals surface area contributed by atoms with Gasteiger partial charge in [-0.1, -0.05) is 18.5 Å². The third-order valence-corrected chi connectivity index (χ3v) is 3.53. The molecular formula is C12H15F3N2OS. The van der Waals surface area contributed by atoms with Gasteiger partial charge >= 0.3 is 6.18 Å². The fourth-order valence-electron chi connectivity index (χ4n) is 1.46. The fraction of sp³-hybridized carbons (Fsp3) is 0.417. The summed E-state index contributed by atoms with van der Waals surface area (Å²) in [7, 11) is 0. The summed E-state index contributed by atoms with van der Waals surface area (Å²) < 4.78 is 38.4. The number of nitrogens with zero attached hydrogens (tertiary/aromatic N) is 1. The Morgan fingerprint density at radius 3 is 2.63 bits per heavy atom. The summed E-state index contributed by atoms with van der Waals surface area (Å²) in [6.45, 7) is 2.04. The summed E-state index contributed by atoms with van der Waals surface area (Å²) >= 11 is 1.45. The molecule has 7 heteroatoms. The van der Waals surface area contributed by atoms with Crippen molar-refractivity contribution in [2.45, 2.75) is 30.8 Å². The molecule has 0 aromatic heterocycles. The van der Waals surface area contributed by atoms with Crippen LogP contribution in [0.25, 0.3) is 0 Å². The standard InChI is InChI=1S/C12H15F3N2OS/c1-2-3-6-19-8-4-5-10(12(13,14)15)9(7-8)11(16)17-18/h4-5,7,18H,2-3,6H2,1H3,(H2,16,17). The third kappa shape index (κ3) is 4.34. The van der Waals surface area contributed by atoms with Crippen LogP contribution in [0.3, 0.4) is 0 Å². The highest BCUT2D eigenvalue weighted by Crippen LogP contribution is 2.34. The van der Waals surface area contributed by atoms with Gasteiger partial charge in [0.2, 0.25) is 0 Å². The Morgan fingerprint density at radius 2 is 2.11 bits per heavy atom. The molecule has 0 saturated heterocycles. The predicted molar refractivity (Wildman–Crippen MR) is 69.6 cm³/mol. The van der Waals surface area contributed by atoms with Gasteiger partial charge in [0, 0.05) is 10.5 Å². The molecule has 0 aliphatic heterocycles. The maximum absolute atomic E-state index is 12.8. The monoisotopic (exact) mass is 292 g/mol. The van der Waals surface area contributed by atoms with E-state index in [2.05, 4.69) is 5.16 Å². The molecule has 3 nitrogen and oxygen atoms in total. The lowest BCUT2D eigenvalue weighted by molar-refractivity contribution is -0.137. The van der Waals surface area contributed by atoms with Crippen molar-refractivity contribution in [2.24, 2.45) is 10.9 Å². The summed E-state index contributed by atoms with van der Waals surface area (Å²) in [6.07, 6.45) is -2.54. The number of halogens is 3. The molecule has 0 spiro atoms. The normalized spacial score (nSPS) is 12.7. The summed E-state index contributed by atoms with van der Waals surface area (Å²) in [5.41, 5.74) is 4.11. The van der Waals surface area contributed by atoms with E-state index in [0.717, 1.165) is 24.7 Å². The van der Waals surface area contributed by atoms with Crippen LogP contribution in [0.2, 0.25) is 0 Å². The smallest absolute Gasteiger partial charge is 0.409 e. The van der Waals surface area contributed by atoms with Crippen LogP contribution in [0.5, 0.6) is 0 Å². The molecule has 0 bridgehead atoms. The SMILES string of the molecule is CCCCSc1ccc(C(F)(F)F)c(/C(N)=N/O)c1. The Labute approximate surface area is 113 Å². The lowest BCUT2D eigenvalue weighted by Crippen LogP contribution is -2.20. The third-order valence-electron chi connectivity index (χ3n) is 2.45. The van der Waals surface area contributed by atoms with Gasteiger partial charge in [-0.15, -0.1) is 11.8 Å². The molecule has 0 unspecified atom stereocenters. The lowest BCUT2D eigenvalue weighted by Gasteiger charge is -2.13. The number of thioether (sulfide) groups is 1. The molecule has 1 aromatic rings. The molecule has 0 aliphatic carbocycles. The van der Waals surface area contributed by atoms with Crippen LogP contribution in [0.15, 0.2) is 28.3 Å². The average molecular weight is 292 g/mol. The zero-order valence-corrected chi connectivity index (χ0v) is 11.2. The summed E-state index contributed by atoms with van der Waals surface area (Å²) in [6, 6.07) is 3.66. The molecule has 0 saturated carbocycles. The van der Waals surface area contributed by atoms with Gasteiger partial charge in [0.25, 0.3) is 0 Å². The van der Waals surface area contributed by atoms with Crippen molar-refractivity contribution in [1.29, 1.82) is 0 Å². The minimum Gasteiger partial charge on any atom is -0.409 e. The van der Waals surface area contributed by atoms with E-state index in [1.54, 1.807) is 0 Å². The van der Waals surface area contributed by atoms with E-state index in [1.807, 2.05) is 6.92 Å². The number of unbranched alkanes of at least 4 members (excludes halogenated alkanes) is 1. The van der Waals surface area contributed by atoms with Gasteiger partial charge in [0.05, 0.1) is 5.56 Å². The minimum atomic E-state index is -4.53. The van der Waals surface area contributed by atoms with Gasteiger partial charge in [-0.25, -0.2) is 0 Å². The van der Waals surface area contributed by atoms with Crippen molar-refractivity contribution in [3.05, 3.63) is 29.3 Å². The summed E-state index contributed by atoms with van der Waals surface area (Å²) in [4.78, 5) is 0.669. The van der Waals surface area contributed by atoms with E-state index in [-0.39, 0.29) is 5.56 Å². The highest BCUT2D eigenvalue weighted by molar-refractivity contribution is 7.99. The van der Waals surface area contributed by atoms with Gasteiger partial charge in [0.1, 0.15) is 0 Å². The van der Waals surface area contributed by atoms with E-state index >= 15 is 0 Å². The molecule has 0 atom stereocenters. The van der Waals surface area contributed by atoms with Crippen LogP contribution in [0.1, 0.15) is 30.9 Å². The second-order valence-corrected chi connectivity index (χ2v) is 5.06. The maximum Gasteiger partial charge on any atom is 0.417 e. The Bertz CT molecular complexity index is 461. The molecule has 0 aliphatic rings. The Morgan fingerprint density at radius 1 is 1.42 bits per heavy atom. The molecule has 0 radical (unpaired) electrons. The molecule has 1 aromatic carbocycles. The number of nitrogens with two attached hydrogens (primary N) is 1. The number of amidine groups is 1. The Balaban J connectivity index is 3.09. The zero-order chi connectivity index (χ0) is 14.5. The first kappa shape index (κ1) is 15.7. The highest BCUT2D eigenvalue weighted by atomic mass is 32.2. The van der Waals surface area contributed by atoms with Crippen molar-refractivity contribution in [3.8, 4) is 0 Å². The Kier molecular flexibility index (Phi) is 5.53. The second-order valence-electron chi connectivity index (χ2n) is 3.89. The van der Waals surface area contributed by atoms with Gasteiger partial charge in [-0.2, -0.15) is 13.2 Å². The number of alkyl halides is 3. The van der Waals surface area contributed by atoms with Crippen molar-refractivity contribution in [2.75, 3.05) is 5.75 Å². The van der Waals surface area contributed by atoms with E-state index in [9.17, 15) is 13.2 Å². The predicted octanol–water partition coefficient (Wildman–Crippen LogP) is 3.69. The lowest BCUT2D eigenvalue weighted by atomic mass is 10.1. The van der Waals surface area contributed by atoms with E-state index in [4.69, 9.17) is 10.9 Å². The first-order valence-electron chi connectivity index (χ1n) is 5.72. The average Bonchev–Trinajstić information content (AvgIpc) is 2.36. The maximum atomic E-state index is 12.8. The van der Waals surface area contributed by atoms with E-state index < -0.39 is 17.6 Å². The minimum absolute atomic E-state index is 0.295. The van der Waals surface area contributed by atoms with E-state index in [0.29, 0.717) is 4.90 Å². The summed E-state index contributed by atoms with van der Waals surface area (Å²) in [5.74, 6) is 0.280. The highest BCUT2D eigenvalue weighted by Gasteiger charge is 2.34. The quantitative estimate of drug-likeness (QED) is 0.217. The van der Waals surface area contributed by atoms with Gasteiger partial charge < -0.3 is 10.9 Å². The number of hydrogen-bond acceptors (Lipinski definition) is 3. The van der Waals surface area contributed by atoms with Crippen LogP contribution in [0.4, 0.5) is 13.2 Å². The number of rotatable bonds is 5. The second kappa shape index (κ2) is 6.70. The number of oxime groups is 1. The summed E-state index contributed by atoms with van der Waals surface area (Å²) in [5, 5.41) is 11.2. The number of hydrogen-bond donors (Lipinski definition) is 2. The molecule has 0 fully saturated rings. The Hall–Kier alpha value is -1.37. The van der Waals surface area contributed by atoms with Gasteiger partial charge in [0.15, 0.2) is 5.84 Å². The largest absolute Gasteiger partial charge is 0.417 e. The van der Waals surface area contributed by atoms with Crippen LogP contribution in [-0.2, 0) is 6.18 Å². The van der Waals surface area contributed by atoms with E-state index in [1.165, 1.54) is 23.9 Å². The first-order chi connectivity index (χ1) is 8.90. The van der Waals surface area contributed by atoms with Crippen LogP contribution >= 0.6 is 11.8 Å². The zero-order valence-electron chi connectivity index (χ0n) is 10.4. The molecule has 0 heterocycles. The molecule has 1 rings (SSSR count). The molecule has 3 N–H and O–H groups in total. The number of benzene rings is 1. The van der Waals surface area contributed by atoms with Crippen molar-refractivity contribution in [3.63, 3.8) is 0 Å². The molecular weight excluding hydrogens is 277 g/mol. The van der Waals surface area contributed by atoms with Gasteiger partial charge in [-0.05, 0) is 30.4 Å². The molecule has 0 amide bonds. The van der Waals surface area contributed by atoms with Crippen molar-refractivity contribution in [1.82, 2.24) is 0 Å². The molecule has 106 valence electrons. The van der Waals surface area contributed by atoms with Crippen molar-refractivity contribution < 1.29 is 18.4 Å². The van der Waals surface area contributed by atoms with Crippen LogP contribution < -0.4 is 5.73 Å². The molecule has 19 heavy (non-hydrogen) atoms. The topological polar surface area (TPSA) is 58.6 Å². The van der Waals surface area contributed by atoms with Crippen LogP contribution in [0, 0.1) is 0 Å².